The Balaban J connectivity index is 2.55. The van der Waals surface area contributed by atoms with Crippen LogP contribution in [0.4, 0.5) is 0 Å². The van der Waals surface area contributed by atoms with Crippen molar-refractivity contribution in [1.82, 2.24) is 5.32 Å². The fourth-order valence-corrected chi connectivity index (χ4v) is 2.07. The third kappa shape index (κ3) is 3.27. The third-order valence-electron chi connectivity index (χ3n) is 1.61. The third-order valence-corrected chi connectivity index (χ3v) is 3.38. The lowest BCUT2D eigenvalue weighted by atomic mass is 10.3. The predicted molar refractivity (Wildman–Crippen MR) is 64.9 cm³/mol. The summed E-state index contributed by atoms with van der Waals surface area (Å²) in [6.45, 7) is 2.84. The quantitative estimate of drug-likeness (QED) is 0.672. The fourth-order valence-electron chi connectivity index (χ4n) is 0.938. The van der Waals surface area contributed by atoms with Gasteiger partial charge in [0.05, 0.1) is 4.88 Å². The number of amides is 1. The Bertz CT molecular complexity index is 285. The Morgan fingerprint density at radius 2 is 2.38 bits per heavy atom. The molecule has 1 heterocycles. The van der Waals surface area contributed by atoms with Gasteiger partial charge in [0.2, 0.25) is 0 Å². The summed E-state index contributed by atoms with van der Waals surface area (Å²) in [5.74, 6) is 0.0568. The van der Waals surface area contributed by atoms with Gasteiger partial charge < -0.3 is 5.32 Å². The van der Waals surface area contributed by atoms with Crippen LogP contribution in [0.3, 0.4) is 0 Å². The summed E-state index contributed by atoms with van der Waals surface area (Å²) in [5, 5.41) is 2.85. The van der Waals surface area contributed by atoms with E-state index < -0.39 is 0 Å². The van der Waals surface area contributed by atoms with E-state index in [2.05, 4.69) is 34.8 Å². The first-order valence-corrected chi connectivity index (χ1v) is 6.55. The Hall–Kier alpha value is -0.100. The van der Waals surface area contributed by atoms with E-state index in [0.717, 1.165) is 22.3 Å². The highest BCUT2D eigenvalue weighted by Gasteiger charge is 2.06. The van der Waals surface area contributed by atoms with E-state index in [4.69, 9.17) is 0 Å². The number of halogens is 1. The summed E-state index contributed by atoms with van der Waals surface area (Å²) < 4.78 is 0.954. The van der Waals surface area contributed by atoms with E-state index in [0.29, 0.717) is 0 Å². The molecular formula is C9H12INOS. The largest absolute Gasteiger partial charge is 0.351 e. The number of hydrogen-bond donors (Lipinski definition) is 1. The van der Waals surface area contributed by atoms with E-state index in [1.54, 1.807) is 11.3 Å². The molecule has 0 unspecified atom stereocenters. The number of rotatable bonds is 4. The molecule has 1 aromatic heterocycles. The van der Waals surface area contributed by atoms with Crippen LogP contribution >= 0.6 is 33.9 Å². The van der Waals surface area contributed by atoms with Crippen LogP contribution in [0.2, 0.25) is 0 Å². The zero-order chi connectivity index (χ0) is 9.68. The first-order valence-electron chi connectivity index (χ1n) is 4.20. The first-order chi connectivity index (χ1) is 6.27. The van der Waals surface area contributed by atoms with Crippen LogP contribution in [-0.4, -0.2) is 16.9 Å². The molecule has 0 spiro atoms. The van der Waals surface area contributed by atoms with Gasteiger partial charge in [-0.2, -0.15) is 0 Å². The van der Waals surface area contributed by atoms with Gasteiger partial charge in [-0.1, -0.05) is 29.5 Å². The fraction of sp³-hybridized carbons (Fsp3) is 0.444. The molecule has 0 atom stereocenters. The number of carbonyl (C=O) groups is 1. The summed E-state index contributed by atoms with van der Waals surface area (Å²) >= 11 is 3.82. The number of alkyl halides is 1. The van der Waals surface area contributed by atoms with Gasteiger partial charge in [0.15, 0.2) is 0 Å². The molecule has 1 rings (SSSR count). The molecular weight excluding hydrogens is 297 g/mol. The maximum Gasteiger partial charge on any atom is 0.261 e. The molecule has 1 N–H and O–H groups in total. The molecule has 0 fully saturated rings. The van der Waals surface area contributed by atoms with Gasteiger partial charge >= 0.3 is 0 Å². The zero-order valence-electron chi connectivity index (χ0n) is 7.47. The Morgan fingerprint density at radius 3 is 2.92 bits per heavy atom. The molecule has 0 aromatic carbocycles. The normalized spacial score (nSPS) is 10.0. The highest BCUT2D eigenvalue weighted by molar-refractivity contribution is 14.1. The van der Waals surface area contributed by atoms with Crippen LogP contribution in [-0.2, 0) is 6.42 Å². The van der Waals surface area contributed by atoms with Crippen molar-refractivity contribution in [1.29, 1.82) is 0 Å². The van der Waals surface area contributed by atoms with E-state index in [1.807, 2.05) is 12.1 Å². The van der Waals surface area contributed by atoms with Crippen LogP contribution in [0, 0.1) is 0 Å². The highest BCUT2D eigenvalue weighted by Crippen LogP contribution is 2.16. The molecule has 0 aliphatic heterocycles. The van der Waals surface area contributed by atoms with Crippen molar-refractivity contribution in [3.05, 3.63) is 21.9 Å². The standard InChI is InChI=1S/C9H12INOS/c1-2-7-3-4-8(13-7)9(12)11-6-5-10/h3-4H,2,5-6H2,1H3,(H,11,12). The second kappa shape index (κ2) is 5.59. The Morgan fingerprint density at radius 1 is 1.62 bits per heavy atom. The van der Waals surface area contributed by atoms with Crippen LogP contribution in [0.5, 0.6) is 0 Å². The summed E-state index contributed by atoms with van der Waals surface area (Å²) in [5.41, 5.74) is 0. The summed E-state index contributed by atoms with van der Waals surface area (Å²) in [6, 6.07) is 3.91. The molecule has 0 saturated heterocycles. The van der Waals surface area contributed by atoms with E-state index in [-0.39, 0.29) is 5.91 Å². The van der Waals surface area contributed by atoms with Crippen molar-refractivity contribution in [2.75, 3.05) is 11.0 Å². The minimum atomic E-state index is 0.0568. The molecule has 2 nitrogen and oxygen atoms in total. The topological polar surface area (TPSA) is 29.1 Å². The minimum absolute atomic E-state index is 0.0568. The summed E-state index contributed by atoms with van der Waals surface area (Å²) in [7, 11) is 0. The highest BCUT2D eigenvalue weighted by atomic mass is 127. The van der Waals surface area contributed by atoms with Crippen molar-refractivity contribution in [3.8, 4) is 0 Å². The molecule has 0 aliphatic rings. The molecule has 0 bridgehead atoms. The van der Waals surface area contributed by atoms with Gasteiger partial charge in [-0.15, -0.1) is 11.3 Å². The van der Waals surface area contributed by atoms with Gasteiger partial charge in [0.25, 0.3) is 5.91 Å². The van der Waals surface area contributed by atoms with Gasteiger partial charge in [0, 0.05) is 15.8 Å². The molecule has 4 heteroatoms. The van der Waals surface area contributed by atoms with E-state index in [1.165, 1.54) is 4.88 Å². The molecule has 72 valence electrons. The zero-order valence-corrected chi connectivity index (χ0v) is 10.4. The van der Waals surface area contributed by atoms with Crippen molar-refractivity contribution >= 4 is 39.8 Å². The predicted octanol–water partition coefficient (Wildman–Crippen LogP) is 2.48. The second-order valence-corrected chi connectivity index (χ2v) is 4.81. The number of thiophene rings is 1. The Kier molecular flexibility index (Phi) is 4.72. The monoisotopic (exact) mass is 309 g/mol. The SMILES string of the molecule is CCc1ccc(C(=O)NCCI)s1. The lowest BCUT2D eigenvalue weighted by Crippen LogP contribution is -2.24. The van der Waals surface area contributed by atoms with Gasteiger partial charge in [-0.3, -0.25) is 4.79 Å². The van der Waals surface area contributed by atoms with Gasteiger partial charge in [-0.05, 0) is 18.6 Å². The van der Waals surface area contributed by atoms with Crippen LogP contribution < -0.4 is 5.32 Å². The lowest BCUT2D eigenvalue weighted by Gasteiger charge is -1.98. The minimum Gasteiger partial charge on any atom is -0.351 e. The lowest BCUT2D eigenvalue weighted by molar-refractivity contribution is 0.0960. The van der Waals surface area contributed by atoms with Gasteiger partial charge in [0.1, 0.15) is 0 Å². The molecule has 0 radical (unpaired) electrons. The average molecular weight is 309 g/mol. The van der Waals surface area contributed by atoms with Crippen molar-refractivity contribution in [2.24, 2.45) is 0 Å². The number of hydrogen-bond acceptors (Lipinski definition) is 2. The summed E-state index contributed by atoms with van der Waals surface area (Å²) in [6.07, 6.45) is 1.00. The van der Waals surface area contributed by atoms with Crippen LogP contribution in [0.25, 0.3) is 0 Å². The molecule has 1 aromatic rings. The molecule has 13 heavy (non-hydrogen) atoms. The second-order valence-electron chi connectivity index (χ2n) is 2.56. The first kappa shape index (κ1) is 11.0. The van der Waals surface area contributed by atoms with Crippen LogP contribution in [0.1, 0.15) is 21.5 Å². The van der Waals surface area contributed by atoms with Crippen molar-refractivity contribution in [3.63, 3.8) is 0 Å². The molecule has 0 aliphatic carbocycles. The number of aryl methyl sites for hydroxylation is 1. The summed E-state index contributed by atoms with van der Waals surface area (Å²) in [4.78, 5) is 13.5. The number of nitrogens with one attached hydrogen (secondary N) is 1. The van der Waals surface area contributed by atoms with Crippen molar-refractivity contribution < 1.29 is 4.79 Å². The molecule has 1 amide bonds. The average Bonchev–Trinajstić information content (AvgIpc) is 2.62. The smallest absolute Gasteiger partial charge is 0.261 e. The maximum absolute atomic E-state index is 11.4. The van der Waals surface area contributed by atoms with Gasteiger partial charge in [-0.25, -0.2) is 0 Å². The van der Waals surface area contributed by atoms with Crippen molar-refractivity contribution in [2.45, 2.75) is 13.3 Å². The molecule has 0 saturated carbocycles. The number of carbonyl (C=O) groups excluding carboxylic acids is 1. The maximum atomic E-state index is 11.4. The van der Waals surface area contributed by atoms with Crippen LogP contribution in [0.15, 0.2) is 12.1 Å². The van der Waals surface area contributed by atoms with E-state index >= 15 is 0 Å². The van der Waals surface area contributed by atoms with E-state index in [9.17, 15) is 4.79 Å². The Labute approximate surface area is 95.9 Å².